The van der Waals surface area contributed by atoms with Crippen LogP contribution in [0.25, 0.3) is 0 Å². The first kappa shape index (κ1) is 14.3. The molecule has 0 spiro atoms. The summed E-state index contributed by atoms with van der Waals surface area (Å²) in [5, 5.41) is 7.62. The molecule has 0 amide bonds. The minimum Gasteiger partial charge on any atom is -0.475 e. The first-order valence-electron chi connectivity index (χ1n) is 7.55. The van der Waals surface area contributed by atoms with E-state index in [4.69, 9.17) is 4.74 Å². The van der Waals surface area contributed by atoms with E-state index < -0.39 is 0 Å². The Bertz CT molecular complexity index is 743. The fourth-order valence-electron chi connectivity index (χ4n) is 2.84. The van der Waals surface area contributed by atoms with E-state index in [0.717, 1.165) is 24.6 Å². The number of aromatic nitrogens is 4. The summed E-state index contributed by atoms with van der Waals surface area (Å²) in [7, 11) is 0. The number of hydrogen-bond acceptors (Lipinski definition) is 6. The van der Waals surface area contributed by atoms with Crippen molar-refractivity contribution in [3.8, 4) is 5.88 Å². The van der Waals surface area contributed by atoms with Gasteiger partial charge in [-0.25, -0.2) is 9.97 Å². The molecule has 4 rings (SSSR count). The summed E-state index contributed by atoms with van der Waals surface area (Å²) in [6, 6.07) is 7.93. The lowest BCUT2D eigenvalue weighted by molar-refractivity contribution is 0.125. The van der Waals surface area contributed by atoms with Gasteiger partial charge in [-0.15, -0.1) is 11.3 Å². The Balaban J connectivity index is 1.47. The van der Waals surface area contributed by atoms with Crippen LogP contribution in [0.1, 0.15) is 16.7 Å². The molecule has 0 fully saturated rings. The highest BCUT2D eigenvalue weighted by Gasteiger charge is 2.26. The molecule has 0 bridgehead atoms. The number of rotatable bonds is 5. The van der Waals surface area contributed by atoms with E-state index in [1.165, 1.54) is 5.69 Å². The van der Waals surface area contributed by atoms with E-state index >= 15 is 0 Å². The van der Waals surface area contributed by atoms with E-state index in [1.54, 1.807) is 17.5 Å². The molecule has 7 heteroatoms. The minimum atomic E-state index is 0.177. The summed E-state index contributed by atoms with van der Waals surface area (Å²) in [6.45, 7) is 3.20. The molecule has 1 atom stereocenters. The van der Waals surface area contributed by atoms with Crippen molar-refractivity contribution in [2.75, 3.05) is 13.2 Å². The van der Waals surface area contributed by atoms with Gasteiger partial charge in [0.2, 0.25) is 5.88 Å². The van der Waals surface area contributed by atoms with Crippen LogP contribution in [0.3, 0.4) is 0 Å². The number of hydrogen-bond donors (Lipinski definition) is 0. The Morgan fingerprint density at radius 1 is 1.17 bits per heavy atom. The summed E-state index contributed by atoms with van der Waals surface area (Å²) in [6.07, 6.45) is 5.45. The third kappa shape index (κ3) is 3.25. The Kier molecular flexibility index (Phi) is 4.04. The predicted molar refractivity (Wildman–Crippen MR) is 87.2 cm³/mol. The van der Waals surface area contributed by atoms with Crippen molar-refractivity contribution in [1.29, 1.82) is 0 Å². The average Bonchev–Trinajstić information content (AvgIpc) is 3.25. The second-order valence-electron chi connectivity index (χ2n) is 5.50. The number of ether oxygens (including phenoxy) is 1. The molecule has 3 aromatic rings. The van der Waals surface area contributed by atoms with Gasteiger partial charge in [0.1, 0.15) is 11.6 Å². The second kappa shape index (κ2) is 6.47. The smallest absolute Gasteiger partial charge is 0.213 e. The maximum atomic E-state index is 5.84. The quantitative estimate of drug-likeness (QED) is 0.720. The standard InChI is InChI=1S/C16H17N5OS/c1-2-5-17-15(3-1)22-12-14-10-20(11-16-18-7-8-23-16)9-13-4-6-19-21(13)14/h1-8,14H,9-12H2/t14-/m0/s1. The van der Waals surface area contributed by atoms with E-state index in [0.29, 0.717) is 12.5 Å². The molecule has 0 unspecified atom stereocenters. The summed E-state index contributed by atoms with van der Waals surface area (Å²) >= 11 is 1.69. The number of thiazole rings is 1. The number of nitrogens with zero attached hydrogens (tertiary/aromatic N) is 5. The largest absolute Gasteiger partial charge is 0.475 e. The maximum Gasteiger partial charge on any atom is 0.213 e. The summed E-state index contributed by atoms with van der Waals surface area (Å²) in [5.41, 5.74) is 1.21. The predicted octanol–water partition coefficient (Wildman–Crippen LogP) is 2.37. The third-order valence-corrected chi connectivity index (χ3v) is 4.62. The van der Waals surface area contributed by atoms with Crippen LogP contribution in [0.15, 0.2) is 48.2 Å². The molecule has 1 aliphatic rings. The molecule has 0 radical (unpaired) electrons. The monoisotopic (exact) mass is 327 g/mol. The molecule has 4 heterocycles. The Labute approximate surface area is 138 Å². The molecule has 0 N–H and O–H groups in total. The van der Waals surface area contributed by atoms with Crippen LogP contribution in [0.4, 0.5) is 0 Å². The van der Waals surface area contributed by atoms with Gasteiger partial charge in [-0.05, 0) is 12.1 Å². The van der Waals surface area contributed by atoms with Crippen molar-refractivity contribution < 1.29 is 4.74 Å². The SMILES string of the molecule is c1ccc(OC[C@@H]2CN(Cc3nccs3)Cc3ccnn32)nc1. The van der Waals surface area contributed by atoms with E-state index in [1.807, 2.05) is 36.0 Å². The molecule has 23 heavy (non-hydrogen) atoms. The molecule has 0 aliphatic carbocycles. The van der Waals surface area contributed by atoms with Crippen LogP contribution in [-0.2, 0) is 13.1 Å². The molecular weight excluding hydrogens is 310 g/mol. The molecule has 118 valence electrons. The number of pyridine rings is 1. The van der Waals surface area contributed by atoms with Crippen LogP contribution in [0.5, 0.6) is 5.88 Å². The Hall–Kier alpha value is -2.25. The lowest BCUT2D eigenvalue weighted by atomic mass is 10.2. The molecule has 0 aromatic carbocycles. The Morgan fingerprint density at radius 2 is 2.17 bits per heavy atom. The molecule has 6 nitrogen and oxygen atoms in total. The molecular formula is C16H17N5OS. The first-order valence-corrected chi connectivity index (χ1v) is 8.43. The van der Waals surface area contributed by atoms with Crippen LogP contribution < -0.4 is 4.74 Å². The lowest BCUT2D eigenvalue weighted by Crippen LogP contribution is -2.39. The van der Waals surface area contributed by atoms with E-state index in [-0.39, 0.29) is 6.04 Å². The average molecular weight is 327 g/mol. The van der Waals surface area contributed by atoms with Crippen molar-refractivity contribution in [1.82, 2.24) is 24.6 Å². The summed E-state index contributed by atoms with van der Waals surface area (Å²) in [4.78, 5) is 11.0. The highest BCUT2D eigenvalue weighted by molar-refractivity contribution is 7.09. The topological polar surface area (TPSA) is 56.1 Å². The third-order valence-electron chi connectivity index (χ3n) is 3.86. The van der Waals surface area contributed by atoms with Crippen LogP contribution in [0.2, 0.25) is 0 Å². The fourth-order valence-corrected chi connectivity index (χ4v) is 3.50. The molecule has 0 saturated heterocycles. The van der Waals surface area contributed by atoms with Crippen LogP contribution >= 0.6 is 11.3 Å². The summed E-state index contributed by atoms with van der Waals surface area (Å²) in [5.74, 6) is 0.651. The fraction of sp³-hybridized carbons (Fsp3) is 0.312. The minimum absolute atomic E-state index is 0.177. The molecule has 0 saturated carbocycles. The van der Waals surface area contributed by atoms with Gasteiger partial charge in [-0.1, -0.05) is 6.07 Å². The zero-order valence-electron chi connectivity index (χ0n) is 12.6. The van der Waals surface area contributed by atoms with Crippen LogP contribution in [-0.4, -0.2) is 37.8 Å². The van der Waals surface area contributed by atoms with Crippen molar-refractivity contribution in [3.05, 3.63) is 58.9 Å². The molecule has 3 aromatic heterocycles. The zero-order chi connectivity index (χ0) is 15.5. The normalized spacial score (nSPS) is 17.8. The zero-order valence-corrected chi connectivity index (χ0v) is 13.4. The van der Waals surface area contributed by atoms with Crippen LogP contribution in [0, 0.1) is 0 Å². The summed E-state index contributed by atoms with van der Waals surface area (Å²) < 4.78 is 7.91. The van der Waals surface area contributed by atoms with Crippen molar-refractivity contribution >= 4 is 11.3 Å². The van der Waals surface area contributed by atoms with E-state index in [9.17, 15) is 0 Å². The first-order chi connectivity index (χ1) is 11.4. The van der Waals surface area contributed by atoms with Gasteiger partial charge in [0.15, 0.2) is 0 Å². The Morgan fingerprint density at radius 3 is 3.00 bits per heavy atom. The van der Waals surface area contributed by atoms with Crippen molar-refractivity contribution in [2.24, 2.45) is 0 Å². The highest BCUT2D eigenvalue weighted by Crippen LogP contribution is 2.23. The second-order valence-corrected chi connectivity index (χ2v) is 6.47. The van der Waals surface area contributed by atoms with E-state index in [2.05, 4.69) is 30.7 Å². The van der Waals surface area contributed by atoms with Gasteiger partial charge in [-0.3, -0.25) is 9.58 Å². The van der Waals surface area contributed by atoms with Gasteiger partial charge in [0.05, 0.1) is 18.3 Å². The van der Waals surface area contributed by atoms with Crippen molar-refractivity contribution in [3.63, 3.8) is 0 Å². The van der Waals surface area contributed by atoms with Gasteiger partial charge in [-0.2, -0.15) is 5.10 Å². The number of fused-ring (bicyclic) bond motifs is 1. The van der Waals surface area contributed by atoms with Gasteiger partial charge in [0, 0.05) is 43.1 Å². The van der Waals surface area contributed by atoms with Gasteiger partial charge >= 0.3 is 0 Å². The molecule has 1 aliphatic heterocycles. The van der Waals surface area contributed by atoms with Gasteiger partial charge in [0.25, 0.3) is 0 Å². The van der Waals surface area contributed by atoms with Gasteiger partial charge < -0.3 is 4.74 Å². The maximum absolute atomic E-state index is 5.84. The van der Waals surface area contributed by atoms with Crippen molar-refractivity contribution in [2.45, 2.75) is 19.1 Å². The lowest BCUT2D eigenvalue weighted by Gasteiger charge is -2.33. The highest BCUT2D eigenvalue weighted by atomic mass is 32.1.